The van der Waals surface area contributed by atoms with Gasteiger partial charge in [0.25, 0.3) is 0 Å². The molecule has 3 aromatic carbocycles. The Bertz CT molecular complexity index is 1050. The van der Waals surface area contributed by atoms with Crippen molar-refractivity contribution in [2.45, 2.75) is 6.92 Å². The van der Waals surface area contributed by atoms with Crippen molar-refractivity contribution < 1.29 is 0 Å². The highest BCUT2D eigenvalue weighted by atomic mass is 32.1. The molecule has 0 amide bonds. The number of thiophene rings is 2. The minimum absolute atomic E-state index is 1.39. The molecule has 5 aromatic rings. The van der Waals surface area contributed by atoms with E-state index in [1.807, 2.05) is 22.7 Å². The van der Waals surface area contributed by atoms with Crippen LogP contribution in [0.3, 0.4) is 0 Å². The number of aryl methyl sites for hydroxylation is 1. The van der Waals surface area contributed by atoms with Crippen molar-refractivity contribution in [3.8, 4) is 0 Å². The summed E-state index contributed by atoms with van der Waals surface area (Å²) in [6, 6.07) is 19.9. The molecule has 2 heteroatoms. The standard InChI is InChI=1S/C19H12S2/c1-11-18-12-6-2-4-8-14(12)20-16(18)10-17-19(11)13-7-3-5-9-15(13)21-17/h2-10H,1H3. The van der Waals surface area contributed by atoms with Gasteiger partial charge in [0.1, 0.15) is 0 Å². The first kappa shape index (κ1) is 11.7. The Hall–Kier alpha value is -1.90. The van der Waals surface area contributed by atoms with Gasteiger partial charge in [0.15, 0.2) is 0 Å². The van der Waals surface area contributed by atoms with E-state index in [9.17, 15) is 0 Å². The van der Waals surface area contributed by atoms with Crippen LogP contribution in [-0.4, -0.2) is 0 Å². The van der Waals surface area contributed by atoms with Crippen molar-refractivity contribution in [1.82, 2.24) is 0 Å². The van der Waals surface area contributed by atoms with Gasteiger partial charge in [-0.3, -0.25) is 0 Å². The van der Waals surface area contributed by atoms with Gasteiger partial charge in [-0.2, -0.15) is 0 Å². The van der Waals surface area contributed by atoms with Gasteiger partial charge in [-0.1, -0.05) is 36.4 Å². The Morgan fingerprint density at radius 1 is 0.619 bits per heavy atom. The second kappa shape index (κ2) is 4.06. The first-order valence-corrected chi connectivity index (χ1v) is 8.68. The third-order valence-electron chi connectivity index (χ3n) is 4.26. The first-order chi connectivity index (χ1) is 10.3. The molecule has 0 saturated carbocycles. The van der Waals surface area contributed by atoms with Crippen molar-refractivity contribution in [2.24, 2.45) is 0 Å². The minimum Gasteiger partial charge on any atom is -0.135 e. The topological polar surface area (TPSA) is 0 Å². The summed E-state index contributed by atoms with van der Waals surface area (Å²) in [5.74, 6) is 0. The summed E-state index contributed by atoms with van der Waals surface area (Å²) in [6.07, 6.45) is 0. The van der Waals surface area contributed by atoms with E-state index in [0.29, 0.717) is 0 Å². The summed E-state index contributed by atoms with van der Waals surface area (Å²) in [5, 5.41) is 5.66. The van der Waals surface area contributed by atoms with Crippen LogP contribution < -0.4 is 0 Å². The lowest BCUT2D eigenvalue weighted by atomic mass is 10.0. The summed E-state index contributed by atoms with van der Waals surface area (Å²) in [4.78, 5) is 0. The molecule has 21 heavy (non-hydrogen) atoms. The van der Waals surface area contributed by atoms with Gasteiger partial charge in [0.05, 0.1) is 0 Å². The Kier molecular flexibility index (Phi) is 2.27. The lowest BCUT2D eigenvalue weighted by Crippen LogP contribution is -1.77. The molecule has 0 radical (unpaired) electrons. The van der Waals surface area contributed by atoms with Gasteiger partial charge in [-0.25, -0.2) is 0 Å². The molecule has 100 valence electrons. The lowest BCUT2D eigenvalue weighted by Gasteiger charge is -2.01. The fraction of sp³-hybridized carbons (Fsp3) is 0.0526. The van der Waals surface area contributed by atoms with Crippen molar-refractivity contribution in [3.63, 3.8) is 0 Å². The Labute approximate surface area is 130 Å². The molecule has 0 bridgehead atoms. The number of fused-ring (bicyclic) bond motifs is 6. The molecule has 2 heterocycles. The highest BCUT2D eigenvalue weighted by Gasteiger charge is 2.14. The number of hydrogen-bond donors (Lipinski definition) is 0. The smallest absolute Gasteiger partial charge is 0.0372 e. The zero-order chi connectivity index (χ0) is 14.0. The maximum Gasteiger partial charge on any atom is 0.0372 e. The van der Waals surface area contributed by atoms with Gasteiger partial charge in [0.2, 0.25) is 0 Å². The van der Waals surface area contributed by atoms with Crippen LogP contribution in [0.15, 0.2) is 54.6 Å². The van der Waals surface area contributed by atoms with Crippen LogP contribution in [0.25, 0.3) is 40.3 Å². The average Bonchev–Trinajstić information content (AvgIpc) is 3.04. The van der Waals surface area contributed by atoms with Crippen molar-refractivity contribution in [1.29, 1.82) is 0 Å². The van der Waals surface area contributed by atoms with E-state index in [2.05, 4.69) is 61.5 Å². The largest absolute Gasteiger partial charge is 0.135 e. The molecule has 0 saturated heterocycles. The Balaban J connectivity index is 2.12. The van der Waals surface area contributed by atoms with E-state index < -0.39 is 0 Å². The van der Waals surface area contributed by atoms with E-state index in [1.165, 1.54) is 45.9 Å². The summed E-state index contributed by atoms with van der Waals surface area (Å²) < 4.78 is 5.59. The Morgan fingerprint density at radius 2 is 1.10 bits per heavy atom. The Morgan fingerprint density at radius 3 is 1.62 bits per heavy atom. The minimum atomic E-state index is 1.39. The number of hydrogen-bond acceptors (Lipinski definition) is 2. The van der Waals surface area contributed by atoms with Crippen LogP contribution in [0.1, 0.15) is 5.56 Å². The predicted molar refractivity (Wildman–Crippen MR) is 97.0 cm³/mol. The molecule has 0 aliphatic carbocycles. The quantitative estimate of drug-likeness (QED) is 0.297. The fourth-order valence-corrected chi connectivity index (χ4v) is 5.84. The summed E-state index contributed by atoms with van der Waals surface area (Å²) >= 11 is 3.81. The third-order valence-corrected chi connectivity index (χ3v) is 6.49. The first-order valence-electron chi connectivity index (χ1n) is 7.05. The maximum absolute atomic E-state index is 2.38. The predicted octanol–water partition coefficient (Wildman–Crippen LogP) is 6.73. The zero-order valence-corrected chi connectivity index (χ0v) is 13.1. The molecule has 5 rings (SSSR count). The fourth-order valence-electron chi connectivity index (χ4n) is 3.35. The van der Waals surface area contributed by atoms with E-state index in [4.69, 9.17) is 0 Å². The molecule has 0 aliphatic heterocycles. The van der Waals surface area contributed by atoms with Crippen LogP contribution in [0, 0.1) is 6.92 Å². The monoisotopic (exact) mass is 304 g/mol. The molecule has 0 atom stereocenters. The van der Waals surface area contributed by atoms with Crippen LogP contribution in [0.2, 0.25) is 0 Å². The van der Waals surface area contributed by atoms with Crippen molar-refractivity contribution in [3.05, 3.63) is 60.2 Å². The molecule has 0 aliphatic rings. The highest BCUT2D eigenvalue weighted by molar-refractivity contribution is 7.28. The number of benzene rings is 3. The summed E-state index contributed by atoms with van der Waals surface area (Å²) in [6.45, 7) is 2.28. The van der Waals surface area contributed by atoms with Crippen LogP contribution in [0.4, 0.5) is 0 Å². The summed E-state index contributed by atoms with van der Waals surface area (Å²) in [5.41, 5.74) is 1.43. The molecular weight excluding hydrogens is 292 g/mol. The SMILES string of the molecule is Cc1c2c(cc3sc4ccccc4c13)sc1ccccc12. The van der Waals surface area contributed by atoms with Crippen molar-refractivity contribution in [2.75, 3.05) is 0 Å². The average molecular weight is 304 g/mol. The molecule has 0 spiro atoms. The lowest BCUT2D eigenvalue weighted by molar-refractivity contribution is 1.63. The molecule has 0 nitrogen and oxygen atoms in total. The summed E-state index contributed by atoms with van der Waals surface area (Å²) in [7, 11) is 0. The van der Waals surface area contributed by atoms with Crippen LogP contribution in [0.5, 0.6) is 0 Å². The van der Waals surface area contributed by atoms with Crippen LogP contribution in [-0.2, 0) is 0 Å². The van der Waals surface area contributed by atoms with Crippen molar-refractivity contribution >= 4 is 63.0 Å². The van der Waals surface area contributed by atoms with E-state index >= 15 is 0 Å². The third kappa shape index (κ3) is 1.49. The normalized spacial score (nSPS) is 12.0. The van der Waals surface area contributed by atoms with E-state index in [1.54, 1.807) is 0 Å². The molecule has 0 unspecified atom stereocenters. The van der Waals surface area contributed by atoms with Gasteiger partial charge in [-0.05, 0) is 30.7 Å². The molecular formula is C19H12S2. The second-order valence-corrected chi connectivity index (χ2v) is 7.61. The van der Waals surface area contributed by atoms with E-state index in [0.717, 1.165) is 0 Å². The highest BCUT2D eigenvalue weighted by Crippen LogP contribution is 2.44. The van der Waals surface area contributed by atoms with Gasteiger partial charge < -0.3 is 0 Å². The van der Waals surface area contributed by atoms with Gasteiger partial charge in [0, 0.05) is 40.3 Å². The van der Waals surface area contributed by atoms with E-state index in [-0.39, 0.29) is 0 Å². The second-order valence-electron chi connectivity index (χ2n) is 5.44. The molecule has 2 aromatic heterocycles. The maximum atomic E-state index is 2.38. The molecule has 0 N–H and O–H groups in total. The van der Waals surface area contributed by atoms with Gasteiger partial charge in [-0.15, -0.1) is 22.7 Å². The molecule has 0 fully saturated rings. The number of rotatable bonds is 0. The van der Waals surface area contributed by atoms with Gasteiger partial charge >= 0.3 is 0 Å². The zero-order valence-electron chi connectivity index (χ0n) is 11.5. The van der Waals surface area contributed by atoms with Crippen LogP contribution >= 0.6 is 22.7 Å².